The van der Waals surface area contributed by atoms with E-state index in [0.29, 0.717) is 24.9 Å². The first kappa shape index (κ1) is 24.0. The van der Waals surface area contributed by atoms with Crippen LogP contribution in [0.3, 0.4) is 0 Å². The van der Waals surface area contributed by atoms with Crippen molar-refractivity contribution in [1.82, 2.24) is 16.0 Å². The molecule has 0 heterocycles. The Labute approximate surface area is 181 Å². The molecule has 0 aliphatic heterocycles. The zero-order valence-electron chi connectivity index (χ0n) is 18.5. The summed E-state index contributed by atoms with van der Waals surface area (Å²) in [5, 5.41) is 9.37. The van der Waals surface area contributed by atoms with Gasteiger partial charge in [0, 0.05) is 26.2 Å². The van der Waals surface area contributed by atoms with E-state index in [2.05, 4.69) is 27.9 Å². The van der Waals surface area contributed by atoms with Crippen molar-refractivity contribution in [3.05, 3.63) is 29.8 Å². The number of aliphatic imine (C=N–C) groups is 1. The topological polar surface area (TPSA) is 84.0 Å². The van der Waals surface area contributed by atoms with Crippen LogP contribution in [0.15, 0.2) is 29.3 Å². The van der Waals surface area contributed by atoms with Crippen molar-refractivity contribution < 1.29 is 14.3 Å². The third-order valence-corrected chi connectivity index (χ3v) is 4.93. The summed E-state index contributed by atoms with van der Waals surface area (Å²) in [4.78, 5) is 16.2. The summed E-state index contributed by atoms with van der Waals surface area (Å²) in [6, 6.07) is 7.69. The van der Waals surface area contributed by atoms with Crippen LogP contribution in [0, 0.1) is 0 Å². The number of rotatable bonds is 12. The second-order valence-electron chi connectivity index (χ2n) is 7.50. The summed E-state index contributed by atoms with van der Waals surface area (Å²) in [6.45, 7) is 7.52. The summed E-state index contributed by atoms with van der Waals surface area (Å²) in [5.41, 5.74) is 1.03. The highest BCUT2D eigenvalue weighted by atomic mass is 16.5. The molecule has 0 unspecified atom stereocenters. The average molecular weight is 419 g/mol. The molecule has 0 saturated heterocycles. The minimum absolute atomic E-state index is 0.0215. The second-order valence-corrected chi connectivity index (χ2v) is 7.50. The number of nitrogens with zero attached hydrogens (tertiary/aromatic N) is 1. The first-order valence-electron chi connectivity index (χ1n) is 11.3. The van der Waals surface area contributed by atoms with Crippen LogP contribution >= 0.6 is 0 Å². The zero-order chi connectivity index (χ0) is 21.4. The van der Waals surface area contributed by atoms with Crippen molar-refractivity contribution in [2.45, 2.75) is 65.0 Å². The first-order valence-corrected chi connectivity index (χ1v) is 11.3. The molecular formula is C23H38N4O3. The van der Waals surface area contributed by atoms with Crippen molar-refractivity contribution >= 4 is 11.9 Å². The Morgan fingerprint density at radius 2 is 1.90 bits per heavy atom. The van der Waals surface area contributed by atoms with Gasteiger partial charge in [0.15, 0.2) is 12.6 Å². The molecule has 30 heavy (non-hydrogen) atoms. The van der Waals surface area contributed by atoms with Gasteiger partial charge in [0.25, 0.3) is 5.91 Å². The zero-order valence-corrected chi connectivity index (χ0v) is 18.5. The van der Waals surface area contributed by atoms with Crippen molar-refractivity contribution in [3.8, 4) is 5.75 Å². The molecule has 1 aliphatic rings. The van der Waals surface area contributed by atoms with Crippen molar-refractivity contribution in [2.75, 3.05) is 32.8 Å². The molecular weight excluding hydrogens is 380 g/mol. The Kier molecular flexibility index (Phi) is 11.7. The van der Waals surface area contributed by atoms with Gasteiger partial charge >= 0.3 is 0 Å². The molecule has 1 aliphatic carbocycles. The van der Waals surface area contributed by atoms with Crippen LogP contribution in [0.4, 0.5) is 0 Å². The summed E-state index contributed by atoms with van der Waals surface area (Å²) < 4.78 is 11.5. The number of likely N-dealkylation sites (N-methyl/N-ethyl adjacent to an activating group) is 1. The highest BCUT2D eigenvalue weighted by Crippen LogP contribution is 2.20. The largest absolute Gasteiger partial charge is 0.484 e. The molecule has 3 N–H and O–H groups in total. The molecule has 2 rings (SSSR count). The molecule has 0 aromatic heterocycles. The Morgan fingerprint density at radius 3 is 2.67 bits per heavy atom. The predicted octanol–water partition coefficient (Wildman–Crippen LogP) is 3.00. The van der Waals surface area contributed by atoms with E-state index in [0.717, 1.165) is 37.6 Å². The standard InChI is InChI=1S/C23H38N4O3/c1-3-24-22(28)18-30-21-13-8-10-19(16-21)17-27-23(25-4-2)26-14-9-15-29-20-11-6-5-7-12-20/h8,10,13,16,20H,3-7,9,11-12,14-15,17-18H2,1-2H3,(H,24,28)(H2,25,26,27). The molecule has 0 atom stereocenters. The van der Waals surface area contributed by atoms with Crippen molar-refractivity contribution in [2.24, 2.45) is 4.99 Å². The van der Waals surface area contributed by atoms with Gasteiger partial charge in [-0.3, -0.25) is 4.79 Å². The quantitative estimate of drug-likeness (QED) is 0.276. The molecule has 0 spiro atoms. The lowest BCUT2D eigenvalue weighted by atomic mass is 9.98. The average Bonchev–Trinajstić information content (AvgIpc) is 2.77. The van der Waals surface area contributed by atoms with Crippen LogP contribution in [0.25, 0.3) is 0 Å². The van der Waals surface area contributed by atoms with Gasteiger partial charge in [-0.2, -0.15) is 0 Å². The third kappa shape index (κ3) is 9.96. The third-order valence-electron chi connectivity index (χ3n) is 4.93. The molecule has 0 radical (unpaired) electrons. The molecule has 7 heteroatoms. The van der Waals surface area contributed by atoms with Gasteiger partial charge in [-0.15, -0.1) is 0 Å². The Balaban J connectivity index is 1.73. The number of nitrogens with one attached hydrogen (secondary N) is 3. The number of hydrogen-bond donors (Lipinski definition) is 3. The van der Waals surface area contributed by atoms with E-state index in [1.165, 1.54) is 32.1 Å². The fraction of sp³-hybridized carbons (Fsp3) is 0.652. The van der Waals surface area contributed by atoms with Crippen LogP contribution in [0.1, 0.15) is 57.9 Å². The number of carbonyl (C=O) groups excluding carboxylic acids is 1. The second kappa shape index (κ2) is 14.7. The highest BCUT2D eigenvalue weighted by molar-refractivity contribution is 5.79. The van der Waals surface area contributed by atoms with Crippen LogP contribution in [0.2, 0.25) is 0 Å². The van der Waals surface area contributed by atoms with Crippen LogP contribution in [-0.2, 0) is 16.1 Å². The van der Waals surface area contributed by atoms with E-state index in [4.69, 9.17) is 9.47 Å². The van der Waals surface area contributed by atoms with E-state index in [-0.39, 0.29) is 12.5 Å². The van der Waals surface area contributed by atoms with E-state index in [9.17, 15) is 4.79 Å². The van der Waals surface area contributed by atoms with Crippen LogP contribution in [0.5, 0.6) is 5.75 Å². The number of hydrogen-bond acceptors (Lipinski definition) is 4. The normalized spacial score (nSPS) is 14.9. The van der Waals surface area contributed by atoms with Gasteiger partial charge in [-0.1, -0.05) is 31.4 Å². The number of benzene rings is 1. The maximum absolute atomic E-state index is 11.5. The van der Waals surface area contributed by atoms with Crippen molar-refractivity contribution in [3.63, 3.8) is 0 Å². The fourth-order valence-electron chi connectivity index (χ4n) is 3.40. The first-order chi connectivity index (χ1) is 14.7. The monoisotopic (exact) mass is 418 g/mol. The number of guanidine groups is 1. The molecule has 1 saturated carbocycles. The SMILES string of the molecule is CCNC(=O)COc1cccc(CN=C(NCC)NCCCOC2CCCCC2)c1. The van der Waals surface area contributed by atoms with E-state index >= 15 is 0 Å². The van der Waals surface area contributed by atoms with Gasteiger partial charge in [-0.25, -0.2) is 4.99 Å². The molecule has 1 aromatic rings. The van der Waals surface area contributed by atoms with Gasteiger partial charge in [0.05, 0.1) is 12.6 Å². The Morgan fingerprint density at radius 1 is 1.10 bits per heavy atom. The van der Waals surface area contributed by atoms with E-state index in [1.807, 2.05) is 31.2 Å². The lowest BCUT2D eigenvalue weighted by Crippen LogP contribution is -2.38. The molecule has 1 aromatic carbocycles. The predicted molar refractivity (Wildman–Crippen MR) is 121 cm³/mol. The van der Waals surface area contributed by atoms with E-state index in [1.54, 1.807) is 0 Å². The summed E-state index contributed by atoms with van der Waals surface area (Å²) in [7, 11) is 0. The number of ether oxygens (including phenoxy) is 2. The van der Waals surface area contributed by atoms with Crippen LogP contribution in [-0.4, -0.2) is 50.8 Å². The maximum atomic E-state index is 11.5. The van der Waals surface area contributed by atoms with Gasteiger partial charge in [0.1, 0.15) is 5.75 Å². The molecule has 168 valence electrons. The summed E-state index contributed by atoms with van der Waals surface area (Å²) >= 11 is 0. The molecule has 1 fully saturated rings. The van der Waals surface area contributed by atoms with Crippen molar-refractivity contribution in [1.29, 1.82) is 0 Å². The van der Waals surface area contributed by atoms with E-state index < -0.39 is 0 Å². The summed E-state index contributed by atoms with van der Waals surface area (Å²) in [6.07, 6.45) is 7.81. The van der Waals surface area contributed by atoms with Gasteiger partial charge < -0.3 is 25.4 Å². The van der Waals surface area contributed by atoms with Crippen LogP contribution < -0.4 is 20.7 Å². The maximum Gasteiger partial charge on any atom is 0.257 e. The number of carbonyl (C=O) groups is 1. The molecule has 0 bridgehead atoms. The number of amides is 1. The minimum Gasteiger partial charge on any atom is -0.484 e. The minimum atomic E-state index is -0.118. The van der Waals surface area contributed by atoms with Gasteiger partial charge in [0.2, 0.25) is 0 Å². The Hall–Kier alpha value is -2.28. The van der Waals surface area contributed by atoms with Gasteiger partial charge in [-0.05, 0) is 50.8 Å². The lowest BCUT2D eigenvalue weighted by molar-refractivity contribution is -0.122. The molecule has 7 nitrogen and oxygen atoms in total. The molecule has 1 amide bonds. The lowest BCUT2D eigenvalue weighted by Gasteiger charge is -2.22. The summed E-state index contributed by atoms with van der Waals surface area (Å²) in [5.74, 6) is 1.35. The fourth-order valence-corrected chi connectivity index (χ4v) is 3.40. The Bertz CT molecular complexity index is 645. The highest BCUT2D eigenvalue weighted by Gasteiger charge is 2.13. The smallest absolute Gasteiger partial charge is 0.257 e.